The first kappa shape index (κ1) is 15.3. The second kappa shape index (κ2) is 6.59. The summed E-state index contributed by atoms with van der Waals surface area (Å²) in [6.07, 6.45) is 0.243. The maximum absolute atomic E-state index is 11.5. The lowest BCUT2D eigenvalue weighted by molar-refractivity contribution is -0.143. The molecule has 2 rings (SSSR count). The largest absolute Gasteiger partial charge is 0.466 e. The van der Waals surface area contributed by atoms with E-state index in [0.29, 0.717) is 30.1 Å². The van der Waals surface area contributed by atoms with Crippen molar-refractivity contribution in [2.75, 3.05) is 6.61 Å². The van der Waals surface area contributed by atoms with Crippen LogP contribution in [0.4, 0.5) is 0 Å². The van der Waals surface area contributed by atoms with Crippen LogP contribution in [0.3, 0.4) is 0 Å². The minimum absolute atomic E-state index is 0.243. The van der Waals surface area contributed by atoms with E-state index in [-0.39, 0.29) is 17.8 Å². The highest BCUT2D eigenvalue weighted by Gasteiger charge is 2.17. The molecule has 6 heteroatoms. The molecule has 0 aliphatic rings. The first-order valence-electron chi connectivity index (χ1n) is 6.77. The summed E-state index contributed by atoms with van der Waals surface area (Å²) in [6, 6.07) is 7.51. The highest BCUT2D eigenvalue weighted by molar-refractivity contribution is 6.20. The SMILES string of the molecule is CCOC(=O)CCn1c(C(C)Cl)nc2c(C#N)cccc21. The summed E-state index contributed by atoms with van der Waals surface area (Å²) in [4.78, 5) is 16.0. The highest BCUT2D eigenvalue weighted by atomic mass is 35.5. The van der Waals surface area contributed by atoms with Crippen molar-refractivity contribution in [2.45, 2.75) is 32.2 Å². The van der Waals surface area contributed by atoms with Crippen molar-refractivity contribution in [3.8, 4) is 6.07 Å². The fourth-order valence-electron chi connectivity index (χ4n) is 2.23. The quantitative estimate of drug-likeness (QED) is 0.628. The summed E-state index contributed by atoms with van der Waals surface area (Å²) in [5, 5.41) is 8.84. The van der Waals surface area contributed by atoms with E-state index < -0.39 is 0 Å². The third-order valence-electron chi connectivity index (χ3n) is 3.13. The fourth-order valence-corrected chi connectivity index (χ4v) is 2.40. The Kier molecular flexibility index (Phi) is 4.81. The minimum Gasteiger partial charge on any atom is -0.466 e. The van der Waals surface area contributed by atoms with Gasteiger partial charge in [-0.05, 0) is 26.0 Å². The number of rotatable bonds is 5. The molecule has 0 saturated carbocycles. The van der Waals surface area contributed by atoms with Crippen molar-refractivity contribution in [3.63, 3.8) is 0 Å². The van der Waals surface area contributed by atoms with Crippen molar-refractivity contribution in [2.24, 2.45) is 0 Å². The molecule has 0 fully saturated rings. The minimum atomic E-state index is -0.314. The molecule has 0 radical (unpaired) electrons. The van der Waals surface area contributed by atoms with Gasteiger partial charge >= 0.3 is 5.97 Å². The molecule has 0 saturated heterocycles. The third kappa shape index (κ3) is 3.17. The van der Waals surface area contributed by atoms with Crippen molar-refractivity contribution in [3.05, 3.63) is 29.6 Å². The van der Waals surface area contributed by atoms with Gasteiger partial charge in [-0.1, -0.05) is 6.07 Å². The van der Waals surface area contributed by atoms with Crippen LogP contribution in [0.1, 0.15) is 37.0 Å². The number of alkyl halides is 1. The van der Waals surface area contributed by atoms with Crippen LogP contribution < -0.4 is 0 Å². The summed E-state index contributed by atoms with van der Waals surface area (Å²) < 4.78 is 6.82. The van der Waals surface area contributed by atoms with Gasteiger partial charge in [-0.15, -0.1) is 11.6 Å². The smallest absolute Gasteiger partial charge is 0.307 e. The summed E-state index contributed by atoms with van der Waals surface area (Å²) in [6.45, 7) is 4.38. The lowest BCUT2D eigenvalue weighted by Gasteiger charge is -2.10. The first-order valence-corrected chi connectivity index (χ1v) is 7.21. The molecule has 1 aromatic heterocycles. The number of imidazole rings is 1. The standard InChI is InChI=1S/C15H16ClN3O2/c1-3-21-13(20)7-8-19-12-6-4-5-11(9-17)14(12)18-15(19)10(2)16/h4-6,10H,3,7-8H2,1-2H3. The zero-order chi connectivity index (χ0) is 15.4. The molecular weight excluding hydrogens is 290 g/mol. The molecule has 0 spiro atoms. The number of hydrogen-bond donors (Lipinski definition) is 0. The number of aromatic nitrogens is 2. The van der Waals surface area contributed by atoms with Gasteiger partial charge in [0.15, 0.2) is 0 Å². The molecule has 0 N–H and O–H groups in total. The second-order valence-electron chi connectivity index (χ2n) is 4.58. The number of aryl methyl sites for hydroxylation is 1. The summed E-state index contributed by atoms with van der Waals surface area (Å²) in [5.74, 6) is 0.391. The van der Waals surface area contributed by atoms with E-state index in [1.54, 1.807) is 19.1 Å². The van der Waals surface area contributed by atoms with Gasteiger partial charge in [0, 0.05) is 6.54 Å². The van der Waals surface area contributed by atoms with Crippen LogP contribution in [0.5, 0.6) is 0 Å². The maximum Gasteiger partial charge on any atom is 0.307 e. The topological polar surface area (TPSA) is 67.9 Å². The maximum atomic E-state index is 11.5. The molecule has 2 aromatic rings. The van der Waals surface area contributed by atoms with Crippen LogP contribution in [-0.4, -0.2) is 22.1 Å². The van der Waals surface area contributed by atoms with E-state index in [9.17, 15) is 4.79 Å². The lowest BCUT2D eigenvalue weighted by Crippen LogP contribution is -2.11. The van der Waals surface area contributed by atoms with Gasteiger partial charge < -0.3 is 9.30 Å². The monoisotopic (exact) mass is 305 g/mol. The van der Waals surface area contributed by atoms with E-state index >= 15 is 0 Å². The number of halogens is 1. The summed E-state index contributed by atoms with van der Waals surface area (Å²) >= 11 is 6.17. The molecule has 5 nitrogen and oxygen atoms in total. The van der Waals surface area contributed by atoms with Crippen LogP contribution in [0.25, 0.3) is 11.0 Å². The molecule has 0 amide bonds. The number of benzene rings is 1. The Labute approximate surface area is 128 Å². The number of fused-ring (bicyclic) bond motifs is 1. The lowest BCUT2D eigenvalue weighted by atomic mass is 10.2. The summed E-state index contributed by atoms with van der Waals surface area (Å²) in [5.41, 5.74) is 1.92. The van der Waals surface area contributed by atoms with E-state index in [1.807, 2.05) is 17.6 Å². The Morgan fingerprint density at radius 1 is 1.57 bits per heavy atom. The van der Waals surface area contributed by atoms with Crippen LogP contribution in [-0.2, 0) is 16.1 Å². The van der Waals surface area contributed by atoms with Crippen molar-refractivity contribution in [1.82, 2.24) is 9.55 Å². The number of esters is 1. The predicted octanol–water partition coefficient (Wildman–Crippen LogP) is 3.16. The van der Waals surface area contributed by atoms with E-state index in [4.69, 9.17) is 21.6 Å². The molecule has 0 bridgehead atoms. The van der Waals surface area contributed by atoms with Crippen molar-refractivity contribution >= 4 is 28.6 Å². The number of nitrogens with zero attached hydrogens (tertiary/aromatic N) is 3. The predicted molar refractivity (Wildman–Crippen MR) is 80.0 cm³/mol. The molecule has 0 aliphatic heterocycles. The molecule has 1 aromatic carbocycles. The average molecular weight is 306 g/mol. The van der Waals surface area contributed by atoms with Crippen LogP contribution in [0.2, 0.25) is 0 Å². The van der Waals surface area contributed by atoms with Crippen molar-refractivity contribution in [1.29, 1.82) is 5.26 Å². The highest BCUT2D eigenvalue weighted by Crippen LogP contribution is 2.26. The van der Waals surface area contributed by atoms with Crippen molar-refractivity contribution < 1.29 is 9.53 Å². The van der Waals surface area contributed by atoms with Gasteiger partial charge in [0.2, 0.25) is 0 Å². The average Bonchev–Trinajstić information content (AvgIpc) is 2.84. The molecule has 1 unspecified atom stereocenters. The van der Waals surface area contributed by atoms with Gasteiger partial charge in [-0.2, -0.15) is 5.26 Å². The normalized spacial score (nSPS) is 12.1. The number of carbonyl (C=O) groups is 1. The molecule has 110 valence electrons. The molecule has 1 atom stereocenters. The zero-order valence-electron chi connectivity index (χ0n) is 12.0. The van der Waals surface area contributed by atoms with E-state index in [2.05, 4.69) is 11.1 Å². The Morgan fingerprint density at radius 2 is 2.33 bits per heavy atom. The Balaban J connectivity index is 2.43. The Hall–Kier alpha value is -2.06. The van der Waals surface area contributed by atoms with Gasteiger partial charge in [0.1, 0.15) is 17.4 Å². The van der Waals surface area contributed by atoms with Gasteiger partial charge in [-0.3, -0.25) is 4.79 Å². The number of nitriles is 1. The molecular formula is C15H16ClN3O2. The number of hydrogen-bond acceptors (Lipinski definition) is 4. The van der Waals surface area contributed by atoms with Gasteiger partial charge in [0.25, 0.3) is 0 Å². The van der Waals surface area contributed by atoms with Gasteiger partial charge in [0.05, 0.1) is 29.5 Å². The van der Waals surface area contributed by atoms with E-state index in [0.717, 1.165) is 5.52 Å². The number of ether oxygens (including phenoxy) is 1. The first-order chi connectivity index (χ1) is 10.1. The Bertz CT molecular complexity index is 701. The molecule has 0 aliphatic carbocycles. The number of para-hydroxylation sites is 1. The van der Waals surface area contributed by atoms with Gasteiger partial charge in [-0.25, -0.2) is 4.98 Å². The number of carbonyl (C=O) groups excluding carboxylic acids is 1. The summed E-state index contributed by atoms with van der Waals surface area (Å²) in [7, 11) is 0. The second-order valence-corrected chi connectivity index (χ2v) is 5.23. The molecule has 1 heterocycles. The Morgan fingerprint density at radius 3 is 2.95 bits per heavy atom. The van der Waals surface area contributed by atoms with Crippen LogP contribution >= 0.6 is 11.6 Å². The zero-order valence-corrected chi connectivity index (χ0v) is 12.7. The van der Waals surface area contributed by atoms with Crippen LogP contribution in [0.15, 0.2) is 18.2 Å². The van der Waals surface area contributed by atoms with Crippen LogP contribution in [0, 0.1) is 11.3 Å². The third-order valence-corrected chi connectivity index (χ3v) is 3.32. The van der Waals surface area contributed by atoms with E-state index in [1.165, 1.54) is 0 Å². The fraction of sp³-hybridized carbons (Fsp3) is 0.400. The molecule has 21 heavy (non-hydrogen) atoms.